The number of halogens is 1. The summed E-state index contributed by atoms with van der Waals surface area (Å²) in [5.74, 6) is 0.139. The van der Waals surface area contributed by atoms with Crippen molar-refractivity contribution in [3.8, 4) is 0 Å². The third kappa shape index (κ3) is 4.73. The fourth-order valence-corrected chi connectivity index (χ4v) is 2.14. The summed E-state index contributed by atoms with van der Waals surface area (Å²) < 4.78 is 0. The van der Waals surface area contributed by atoms with Crippen LogP contribution in [0.1, 0.15) is 19.4 Å². The van der Waals surface area contributed by atoms with E-state index in [-0.39, 0.29) is 5.91 Å². The number of benzene rings is 1. The third-order valence-corrected chi connectivity index (χ3v) is 3.30. The Morgan fingerprint density at radius 2 is 1.95 bits per heavy atom. The van der Waals surface area contributed by atoms with Gasteiger partial charge in [-0.25, -0.2) is 0 Å². The summed E-state index contributed by atoms with van der Waals surface area (Å²) in [5.41, 5.74) is 7.55. The number of amides is 1. The summed E-state index contributed by atoms with van der Waals surface area (Å²) in [6.07, 6.45) is 0. The molecular formula is C14H22ClN3O. The number of nitrogens with two attached hydrogens (primary N) is 1. The second-order valence-corrected chi connectivity index (χ2v) is 5.02. The Labute approximate surface area is 120 Å². The van der Waals surface area contributed by atoms with Crippen LogP contribution in [0.3, 0.4) is 0 Å². The van der Waals surface area contributed by atoms with Gasteiger partial charge in [-0.2, -0.15) is 0 Å². The molecule has 0 atom stereocenters. The average Bonchev–Trinajstić information content (AvgIpc) is 2.34. The van der Waals surface area contributed by atoms with Crippen LogP contribution in [-0.2, 0) is 11.3 Å². The van der Waals surface area contributed by atoms with E-state index in [0.717, 1.165) is 18.7 Å². The molecule has 1 aromatic rings. The van der Waals surface area contributed by atoms with Gasteiger partial charge < -0.3 is 10.6 Å². The maximum atomic E-state index is 12.0. The molecule has 19 heavy (non-hydrogen) atoms. The molecule has 0 fully saturated rings. The minimum atomic E-state index is 0.139. The van der Waals surface area contributed by atoms with E-state index in [9.17, 15) is 4.79 Å². The van der Waals surface area contributed by atoms with Crippen LogP contribution in [-0.4, -0.2) is 42.4 Å². The maximum Gasteiger partial charge on any atom is 0.236 e. The molecule has 1 rings (SSSR count). The zero-order valence-corrected chi connectivity index (χ0v) is 12.6. The van der Waals surface area contributed by atoms with Gasteiger partial charge in [-0.05, 0) is 38.6 Å². The summed E-state index contributed by atoms with van der Waals surface area (Å²) in [5, 5.41) is 0.628. The molecule has 4 nitrogen and oxygen atoms in total. The standard InChI is InChI=1S/C14H22ClN3O/c1-4-18(5-2)14(19)10-17(3)9-11-6-7-12(15)8-13(11)16/h6-8H,4-5,9-10,16H2,1-3H3. The molecule has 5 heteroatoms. The fraction of sp³-hybridized carbons (Fsp3) is 0.500. The highest BCUT2D eigenvalue weighted by molar-refractivity contribution is 6.30. The molecule has 1 aromatic carbocycles. The van der Waals surface area contributed by atoms with Crippen LogP contribution in [0.2, 0.25) is 5.02 Å². The lowest BCUT2D eigenvalue weighted by atomic mass is 10.1. The van der Waals surface area contributed by atoms with E-state index < -0.39 is 0 Å². The molecule has 0 saturated carbocycles. The summed E-state index contributed by atoms with van der Waals surface area (Å²) in [6.45, 7) is 6.48. The Morgan fingerprint density at radius 1 is 1.32 bits per heavy atom. The molecular weight excluding hydrogens is 262 g/mol. The Morgan fingerprint density at radius 3 is 2.47 bits per heavy atom. The lowest BCUT2D eigenvalue weighted by Gasteiger charge is -2.23. The Bertz CT molecular complexity index is 433. The van der Waals surface area contributed by atoms with E-state index in [1.807, 2.05) is 42.8 Å². The van der Waals surface area contributed by atoms with E-state index in [1.165, 1.54) is 0 Å². The average molecular weight is 284 g/mol. The number of nitrogen functional groups attached to an aromatic ring is 1. The molecule has 0 spiro atoms. The van der Waals surface area contributed by atoms with Crippen molar-refractivity contribution < 1.29 is 4.79 Å². The molecule has 0 aliphatic carbocycles. The molecule has 1 amide bonds. The van der Waals surface area contributed by atoms with Gasteiger partial charge in [0.1, 0.15) is 0 Å². The number of rotatable bonds is 6. The van der Waals surface area contributed by atoms with Gasteiger partial charge in [0.25, 0.3) is 0 Å². The second-order valence-electron chi connectivity index (χ2n) is 4.58. The van der Waals surface area contributed by atoms with Crippen LogP contribution in [0.4, 0.5) is 5.69 Å². The minimum Gasteiger partial charge on any atom is -0.398 e. The maximum absolute atomic E-state index is 12.0. The van der Waals surface area contributed by atoms with Crippen molar-refractivity contribution in [1.29, 1.82) is 0 Å². The summed E-state index contributed by atoms with van der Waals surface area (Å²) >= 11 is 5.86. The first kappa shape index (κ1) is 15.8. The van der Waals surface area contributed by atoms with Crippen LogP contribution in [0, 0.1) is 0 Å². The third-order valence-electron chi connectivity index (χ3n) is 3.07. The smallest absolute Gasteiger partial charge is 0.236 e. The minimum absolute atomic E-state index is 0.139. The zero-order valence-electron chi connectivity index (χ0n) is 11.8. The van der Waals surface area contributed by atoms with Crippen LogP contribution in [0.5, 0.6) is 0 Å². The fourth-order valence-electron chi connectivity index (χ4n) is 1.96. The monoisotopic (exact) mass is 283 g/mol. The quantitative estimate of drug-likeness (QED) is 0.815. The van der Waals surface area contributed by atoms with Gasteiger partial charge in [0, 0.05) is 30.3 Å². The largest absolute Gasteiger partial charge is 0.398 e. The molecule has 0 unspecified atom stereocenters. The summed E-state index contributed by atoms with van der Waals surface area (Å²) in [7, 11) is 1.91. The highest BCUT2D eigenvalue weighted by Gasteiger charge is 2.13. The first-order valence-corrected chi connectivity index (χ1v) is 6.85. The number of carbonyl (C=O) groups excluding carboxylic acids is 1. The Kier molecular flexibility index (Phi) is 6.12. The van der Waals surface area contributed by atoms with Gasteiger partial charge >= 0.3 is 0 Å². The number of nitrogens with zero attached hydrogens (tertiary/aromatic N) is 2. The van der Waals surface area contributed by atoms with Crippen molar-refractivity contribution in [3.63, 3.8) is 0 Å². The predicted octanol–water partition coefficient (Wildman–Crippen LogP) is 2.22. The summed E-state index contributed by atoms with van der Waals surface area (Å²) in [4.78, 5) is 15.8. The lowest BCUT2D eigenvalue weighted by molar-refractivity contribution is -0.131. The van der Waals surface area contributed by atoms with Gasteiger partial charge in [-0.3, -0.25) is 9.69 Å². The van der Waals surface area contributed by atoms with Crippen molar-refractivity contribution in [2.45, 2.75) is 20.4 Å². The van der Waals surface area contributed by atoms with Gasteiger partial charge in [-0.1, -0.05) is 17.7 Å². The van der Waals surface area contributed by atoms with Crippen LogP contribution in [0.15, 0.2) is 18.2 Å². The van der Waals surface area contributed by atoms with Crippen molar-refractivity contribution in [2.75, 3.05) is 32.4 Å². The molecule has 0 aliphatic rings. The van der Waals surface area contributed by atoms with Gasteiger partial charge in [0.15, 0.2) is 0 Å². The second kappa shape index (κ2) is 7.36. The van der Waals surface area contributed by atoms with Gasteiger partial charge in [0.2, 0.25) is 5.91 Å². The summed E-state index contributed by atoms with van der Waals surface area (Å²) in [6, 6.07) is 5.44. The van der Waals surface area contributed by atoms with E-state index in [4.69, 9.17) is 17.3 Å². The van der Waals surface area contributed by atoms with Crippen LogP contribution in [0.25, 0.3) is 0 Å². The van der Waals surface area contributed by atoms with Crippen LogP contribution >= 0.6 is 11.6 Å². The molecule has 0 saturated heterocycles. The number of likely N-dealkylation sites (N-methyl/N-ethyl adjacent to an activating group) is 2. The zero-order chi connectivity index (χ0) is 14.4. The van der Waals surface area contributed by atoms with Crippen molar-refractivity contribution in [1.82, 2.24) is 9.80 Å². The van der Waals surface area contributed by atoms with E-state index in [1.54, 1.807) is 6.07 Å². The first-order chi connectivity index (χ1) is 8.97. The molecule has 0 radical (unpaired) electrons. The highest BCUT2D eigenvalue weighted by atomic mass is 35.5. The topological polar surface area (TPSA) is 49.6 Å². The molecule has 0 bridgehead atoms. The number of hydrogen-bond donors (Lipinski definition) is 1. The molecule has 0 heterocycles. The number of hydrogen-bond acceptors (Lipinski definition) is 3. The Balaban J connectivity index is 2.60. The lowest BCUT2D eigenvalue weighted by Crippen LogP contribution is -2.38. The van der Waals surface area contributed by atoms with E-state index in [0.29, 0.717) is 23.8 Å². The first-order valence-electron chi connectivity index (χ1n) is 6.48. The SMILES string of the molecule is CCN(CC)C(=O)CN(C)Cc1ccc(Cl)cc1N. The normalized spacial score (nSPS) is 10.8. The predicted molar refractivity (Wildman–Crippen MR) is 80.1 cm³/mol. The van der Waals surface area contributed by atoms with Gasteiger partial charge in [-0.15, -0.1) is 0 Å². The van der Waals surface area contributed by atoms with Crippen LogP contribution < -0.4 is 5.73 Å². The molecule has 0 aromatic heterocycles. The molecule has 2 N–H and O–H groups in total. The van der Waals surface area contributed by atoms with Crippen molar-refractivity contribution in [2.24, 2.45) is 0 Å². The van der Waals surface area contributed by atoms with E-state index >= 15 is 0 Å². The number of carbonyl (C=O) groups is 1. The number of anilines is 1. The highest BCUT2D eigenvalue weighted by Crippen LogP contribution is 2.19. The molecule has 106 valence electrons. The molecule has 0 aliphatic heterocycles. The Hall–Kier alpha value is -1.26. The van der Waals surface area contributed by atoms with E-state index in [2.05, 4.69) is 0 Å². The van der Waals surface area contributed by atoms with Crippen molar-refractivity contribution in [3.05, 3.63) is 28.8 Å². The van der Waals surface area contributed by atoms with Gasteiger partial charge in [0.05, 0.1) is 6.54 Å². The van der Waals surface area contributed by atoms with Crippen molar-refractivity contribution >= 4 is 23.2 Å².